The molecule has 1 rings (SSSR count). The van der Waals surface area contributed by atoms with E-state index in [1.54, 1.807) is 26.8 Å². The van der Waals surface area contributed by atoms with Crippen LogP contribution in [0.1, 0.15) is 20.8 Å². The van der Waals surface area contributed by atoms with Gasteiger partial charge in [-0.3, -0.25) is 5.32 Å². The molecule has 15 heavy (non-hydrogen) atoms. The molecule has 0 saturated heterocycles. The lowest BCUT2D eigenvalue weighted by atomic mass is 10.2. The van der Waals surface area contributed by atoms with Crippen LogP contribution >= 0.6 is 15.9 Å². The highest BCUT2D eigenvalue weighted by atomic mass is 79.9. The molecule has 5 nitrogen and oxygen atoms in total. The first kappa shape index (κ1) is 11.9. The largest absolute Gasteiger partial charge is 0.444 e. The minimum absolute atomic E-state index is 0.395. The van der Waals surface area contributed by atoms with Gasteiger partial charge in [-0.2, -0.15) is 0 Å². The lowest BCUT2D eigenvalue weighted by molar-refractivity contribution is 0.0635. The van der Waals surface area contributed by atoms with E-state index in [1.165, 1.54) is 6.33 Å². The second-order valence-electron chi connectivity index (χ2n) is 3.85. The molecular formula is C9H12BrN3O2. The highest BCUT2D eigenvalue weighted by Crippen LogP contribution is 2.12. The molecule has 0 aromatic carbocycles. The van der Waals surface area contributed by atoms with Gasteiger partial charge in [0, 0.05) is 6.07 Å². The zero-order chi connectivity index (χ0) is 11.5. The van der Waals surface area contributed by atoms with Crippen LogP contribution in [0.4, 0.5) is 10.6 Å². The number of nitrogens with one attached hydrogen (secondary N) is 1. The van der Waals surface area contributed by atoms with Gasteiger partial charge in [0.1, 0.15) is 22.3 Å². The third-order valence-electron chi connectivity index (χ3n) is 1.26. The molecule has 1 aromatic rings. The van der Waals surface area contributed by atoms with Crippen molar-refractivity contribution in [2.75, 3.05) is 5.32 Å². The molecule has 1 N–H and O–H groups in total. The maximum Gasteiger partial charge on any atom is 0.413 e. The molecular weight excluding hydrogens is 262 g/mol. The van der Waals surface area contributed by atoms with E-state index in [2.05, 4.69) is 31.2 Å². The summed E-state index contributed by atoms with van der Waals surface area (Å²) in [5.74, 6) is 0.395. The number of carbonyl (C=O) groups excluding carboxylic acids is 1. The molecule has 1 aromatic heterocycles. The smallest absolute Gasteiger partial charge is 0.413 e. The van der Waals surface area contributed by atoms with Gasteiger partial charge in [0.15, 0.2) is 0 Å². The Kier molecular flexibility index (Phi) is 3.62. The number of nitrogens with zero attached hydrogens (tertiary/aromatic N) is 2. The Morgan fingerprint density at radius 1 is 1.47 bits per heavy atom. The van der Waals surface area contributed by atoms with E-state index >= 15 is 0 Å². The predicted octanol–water partition coefficient (Wildman–Crippen LogP) is 2.59. The van der Waals surface area contributed by atoms with Crippen LogP contribution < -0.4 is 5.32 Å². The van der Waals surface area contributed by atoms with Gasteiger partial charge in [-0.05, 0) is 36.7 Å². The monoisotopic (exact) mass is 273 g/mol. The number of rotatable bonds is 1. The number of aromatic nitrogens is 2. The molecule has 0 fully saturated rings. The maximum atomic E-state index is 11.3. The van der Waals surface area contributed by atoms with Gasteiger partial charge in [-0.25, -0.2) is 14.8 Å². The lowest BCUT2D eigenvalue weighted by Crippen LogP contribution is -2.27. The molecule has 0 unspecified atom stereocenters. The maximum absolute atomic E-state index is 11.3. The van der Waals surface area contributed by atoms with Gasteiger partial charge < -0.3 is 4.74 Å². The number of ether oxygens (including phenoxy) is 1. The van der Waals surface area contributed by atoms with Crippen LogP contribution in [0.3, 0.4) is 0 Å². The fourth-order valence-electron chi connectivity index (χ4n) is 0.810. The summed E-state index contributed by atoms with van der Waals surface area (Å²) in [4.78, 5) is 19.0. The normalized spacial score (nSPS) is 10.9. The van der Waals surface area contributed by atoms with Gasteiger partial charge in [-0.1, -0.05) is 0 Å². The quantitative estimate of drug-likeness (QED) is 0.799. The summed E-state index contributed by atoms with van der Waals surface area (Å²) in [6, 6.07) is 1.59. The van der Waals surface area contributed by atoms with Crippen molar-refractivity contribution in [1.82, 2.24) is 9.97 Å². The molecule has 0 saturated carbocycles. The topological polar surface area (TPSA) is 64.1 Å². The Balaban J connectivity index is 2.59. The number of hydrogen-bond acceptors (Lipinski definition) is 4. The summed E-state index contributed by atoms with van der Waals surface area (Å²) in [7, 11) is 0. The summed E-state index contributed by atoms with van der Waals surface area (Å²) in [6.45, 7) is 5.38. The van der Waals surface area contributed by atoms with Gasteiger partial charge in [-0.15, -0.1) is 0 Å². The van der Waals surface area contributed by atoms with Gasteiger partial charge >= 0.3 is 6.09 Å². The number of hydrogen-bond donors (Lipinski definition) is 1. The van der Waals surface area contributed by atoms with Crippen molar-refractivity contribution < 1.29 is 9.53 Å². The number of anilines is 1. The molecule has 0 aliphatic rings. The standard InChI is InChI=1S/C9H12BrN3O2/c1-9(2,3)15-8(14)13-7-4-6(10)11-5-12-7/h4-5H,1-3H3,(H,11,12,13,14). The van der Waals surface area contributed by atoms with E-state index in [-0.39, 0.29) is 0 Å². The molecule has 0 radical (unpaired) electrons. The molecule has 0 aliphatic carbocycles. The number of carbonyl (C=O) groups is 1. The Morgan fingerprint density at radius 3 is 2.67 bits per heavy atom. The molecule has 0 bridgehead atoms. The molecule has 1 amide bonds. The van der Waals surface area contributed by atoms with Crippen LogP contribution in [0.5, 0.6) is 0 Å². The summed E-state index contributed by atoms with van der Waals surface area (Å²) < 4.78 is 5.66. The van der Waals surface area contributed by atoms with Crippen molar-refractivity contribution in [3.05, 3.63) is 17.0 Å². The Labute approximate surface area is 96.4 Å². The zero-order valence-electron chi connectivity index (χ0n) is 8.74. The summed E-state index contributed by atoms with van der Waals surface area (Å²) in [6.07, 6.45) is 0.810. The SMILES string of the molecule is CC(C)(C)OC(=O)Nc1cc(Br)ncn1. The Bertz CT molecular complexity index is 363. The fraction of sp³-hybridized carbons (Fsp3) is 0.444. The van der Waals surface area contributed by atoms with Crippen LogP contribution in [-0.2, 0) is 4.74 Å². The third kappa shape index (κ3) is 4.73. The van der Waals surface area contributed by atoms with Crippen LogP contribution in [0.2, 0.25) is 0 Å². The predicted molar refractivity (Wildman–Crippen MR) is 59.6 cm³/mol. The van der Waals surface area contributed by atoms with Crippen molar-refractivity contribution in [3.8, 4) is 0 Å². The zero-order valence-corrected chi connectivity index (χ0v) is 10.3. The van der Waals surface area contributed by atoms with Crippen molar-refractivity contribution in [2.45, 2.75) is 26.4 Å². The first-order valence-electron chi connectivity index (χ1n) is 4.34. The highest BCUT2D eigenvalue weighted by Gasteiger charge is 2.16. The Morgan fingerprint density at radius 2 is 2.13 bits per heavy atom. The molecule has 0 aliphatic heterocycles. The average Bonchev–Trinajstić information content (AvgIpc) is 1.99. The summed E-state index contributed by atoms with van der Waals surface area (Å²) in [5, 5.41) is 2.50. The number of halogens is 1. The van der Waals surface area contributed by atoms with Crippen LogP contribution in [-0.4, -0.2) is 21.7 Å². The van der Waals surface area contributed by atoms with E-state index in [0.717, 1.165) is 0 Å². The van der Waals surface area contributed by atoms with E-state index in [0.29, 0.717) is 10.4 Å². The van der Waals surface area contributed by atoms with Crippen molar-refractivity contribution >= 4 is 27.8 Å². The minimum Gasteiger partial charge on any atom is -0.444 e. The van der Waals surface area contributed by atoms with E-state index in [1.807, 2.05) is 0 Å². The summed E-state index contributed by atoms with van der Waals surface area (Å²) in [5.41, 5.74) is -0.519. The minimum atomic E-state index is -0.534. The van der Waals surface area contributed by atoms with Crippen LogP contribution in [0.25, 0.3) is 0 Å². The van der Waals surface area contributed by atoms with Crippen LogP contribution in [0.15, 0.2) is 17.0 Å². The van der Waals surface area contributed by atoms with Gasteiger partial charge in [0.25, 0.3) is 0 Å². The third-order valence-corrected chi connectivity index (χ3v) is 1.70. The molecule has 0 spiro atoms. The van der Waals surface area contributed by atoms with Crippen LogP contribution in [0, 0.1) is 0 Å². The van der Waals surface area contributed by atoms with Gasteiger partial charge in [0.2, 0.25) is 0 Å². The van der Waals surface area contributed by atoms with Gasteiger partial charge in [0.05, 0.1) is 0 Å². The second kappa shape index (κ2) is 4.57. The first-order valence-corrected chi connectivity index (χ1v) is 5.14. The fourth-order valence-corrected chi connectivity index (χ4v) is 1.12. The van der Waals surface area contributed by atoms with Crippen molar-refractivity contribution in [2.24, 2.45) is 0 Å². The van der Waals surface area contributed by atoms with E-state index in [4.69, 9.17) is 4.74 Å². The van der Waals surface area contributed by atoms with Crippen molar-refractivity contribution in [1.29, 1.82) is 0 Å². The molecule has 6 heteroatoms. The summed E-state index contributed by atoms with van der Waals surface area (Å²) >= 11 is 3.17. The first-order chi connectivity index (χ1) is 6.87. The van der Waals surface area contributed by atoms with E-state index in [9.17, 15) is 4.79 Å². The molecule has 0 atom stereocenters. The van der Waals surface area contributed by atoms with Crippen molar-refractivity contribution in [3.63, 3.8) is 0 Å². The number of amides is 1. The molecule has 82 valence electrons. The average molecular weight is 274 g/mol. The highest BCUT2D eigenvalue weighted by molar-refractivity contribution is 9.10. The second-order valence-corrected chi connectivity index (χ2v) is 4.67. The Hall–Kier alpha value is -1.17. The van der Waals surface area contributed by atoms with E-state index < -0.39 is 11.7 Å². The lowest BCUT2D eigenvalue weighted by Gasteiger charge is -2.19. The molecule has 1 heterocycles.